The number of benzene rings is 1. The topological polar surface area (TPSA) is 52.6 Å². The number of carbonyl (C=O) groups excluding carboxylic acids is 2. The predicted molar refractivity (Wildman–Crippen MR) is 87.8 cm³/mol. The average molecular weight is 312 g/mol. The third kappa shape index (κ3) is 5.58. The summed E-state index contributed by atoms with van der Waals surface area (Å²) in [6.07, 6.45) is 9.51. The Balaban J connectivity index is 1.96. The molecule has 23 heavy (non-hydrogen) atoms. The van der Waals surface area contributed by atoms with Gasteiger partial charge in [-0.2, -0.15) is 0 Å². The Morgan fingerprint density at radius 3 is 2.52 bits per heavy atom. The highest BCUT2D eigenvalue weighted by Crippen LogP contribution is 2.20. The Morgan fingerprint density at radius 2 is 1.87 bits per heavy atom. The molecule has 1 aromatic rings. The molecule has 0 heterocycles. The first-order valence-corrected chi connectivity index (χ1v) is 7.61. The number of carbonyl (C=O) groups is 2. The second-order valence-electron chi connectivity index (χ2n) is 5.24. The summed E-state index contributed by atoms with van der Waals surface area (Å²) in [6.45, 7) is 3.15. The van der Waals surface area contributed by atoms with Crippen molar-refractivity contribution in [3.05, 3.63) is 65.5 Å². The van der Waals surface area contributed by atoms with Gasteiger partial charge in [-0.05, 0) is 42.7 Å². The Kier molecular flexibility index (Phi) is 5.92. The molecule has 0 amide bonds. The van der Waals surface area contributed by atoms with Crippen LogP contribution in [-0.2, 0) is 20.7 Å². The number of hydrogen-bond acceptors (Lipinski definition) is 4. The van der Waals surface area contributed by atoms with Crippen molar-refractivity contribution in [2.75, 3.05) is 0 Å². The minimum atomic E-state index is -0.325. The van der Waals surface area contributed by atoms with Crippen molar-refractivity contribution in [3.63, 3.8) is 0 Å². The van der Waals surface area contributed by atoms with Crippen LogP contribution in [0.5, 0.6) is 5.75 Å². The summed E-state index contributed by atoms with van der Waals surface area (Å²) in [5.74, 6) is 0.581. The molecule has 1 aliphatic carbocycles. The van der Waals surface area contributed by atoms with Crippen LogP contribution < -0.4 is 4.74 Å². The molecular weight excluding hydrogens is 292 g/mol. The molecule has 0 spiro atoms. The Bertz CT molecular complexity index is 663. The van der Waals surface area contributed by atoms with Crippen molar-refractivity contribution in [2.24, 2.45) is 0 Å². The van der Waals surface area contributed by atoms with Crippen LogP contribution in [0.15, 0.2) is 59.9 Å². The van der Waals surface area contributed by atoms with E-state index in [1.165, 1.54) is 12.5 Å². The monoisotopic (exact) mass is 312 g/mol. The molecule has 0 bridgehead atoms. The molecule has 0 saturated carbocycles. The molecule has 0 saturated heterocycles. The van der Waals surface area contributed by atoms with Crippen LogP contribution in [0.1, 0.15) is 32.3 Å². The van der Waals surface area contributed by atoms with Crippen LogP contribution in [-0.4, -0.2) is 11.9 Å². The fourth-order valence-electron chi connectivity index (χ4n) is 2.16. The van der Waals surface area contributed by atoms with Crippen molar-refractivity contribution in [3.8, 4) is 5.75 Å². The lowest BCUT2D eigenvalue weighted by molar-refractivity contribution is -0.138. The molecule has 0 radical (unpaired) electrons. The van der Waals surface area contributed by atoms with Gasteiger partial charge in [0.15, 0.2) is 0 Å². The molecule has 0 atom stereocenters. The van der Waals surface area contributed by atoms with E-state index in [-0.39, 0.29) is 11.9 Å². The van der Waals surface area contributed by atoms with Gasteiger partial charge < -0.3 is 9.47 Å². The lowest BCUT2D eigenvalue weighted by atomic mass is 10.0. The first-order chi connectivity index (χ1) is 11.1. The summed E-state index contributed by atoms with van der Waals surface area (Å²) in [6, 6.07) is 7.45. The van der Waals surface area contributed by atoms with Crippen molar-refractivity contribution >= 4 is 11.9 Å². The maximum atomic E-state index is 11.3. The zero-order valence-corrected chi connectivity index (χ0v) is 13.4. The summed E-state index contributed by atoms with van der Waals surface area (Å²) in [5, 5.41) is 0. The summed E-state index contributed by atoms with van der Waals surface area (Å²) < 4.78 is 10.2. The zero-order valence-electron chi connectivity index (χ0n) is 13.4. The third-order valence-electron chi connectivity index (χ3n) is 3.29. The van der Waals surface area contributed by atoms with Gasteiger partial charge in [0.05, 0.1) is 0 Å². The first-order valence-electron chi connectivity index (χ1n) is 7.61. The second-order valence-corrected chi connectivity index (χ2v) is 5.24. The number of esters is 2. The van der Waals surface area contributed by atoms with Crippen molar-refractivity contribution < 1.29 is 19.1 Å². The van der Waals surface area contributed by atoms with E-state index < -0.39 is 0 Å². The molecule has 4 nitrogen and oxygen atoms in total. The smallest absolute Gasteiger partial charge is 0.310 e. The van der Waals surface area contributed by atoms with E-state index in [2.05, 4.69) is 0 Å². The normalized spacial score (nSPS) is 13.7. The molecule has 0 aliphatic heterocycles. The maximum Gasteiger partial charge on any atom is 0.310 e. The molecule has 0 unspecified atom stereocenters. The second kappa shape index (κ2) is 8.13. The average Bonchev–Trinajstić information content (AvgIpc) is 2.74. The Labute approximate surface area is 136 Å². The molecule has 0 aromatic heterocycles. The van der Waals surface area contributed by atoms with E-state index >= 15 is 0 Å². The molecule has 2 rings (SSSR count). The SMILES string of the molecule is CCC(=O)OC1=CCC(Cc2ccc(OC(C)=O)cc2)=CC=C1. The Morgan fingerprint density at radius 1 is 1.13 bits per heavy atom. The fraction of sp³-hybridized carbons (Fsp3) is 0.263. The standard InChI is InChI=1S/C19H20O4/c1-3-19(21)23-17-6-4-5-15(7-10-17)13-16-8-11-18(12-9-16)22-14(2)20/h4-6,8-12H,3,7,13H2,1-2H3. The van der Waals surface area contributed by atoms with Crippen molar-refractivity contribution in [1.82, 2.24) is 0 Å². The van der Waals surface area contributed by atoms with Gasteiger partial charge in [0, 0.05) is 13.3 Å². The van der Waals surface area contributed by atoms with Gasteiger partial charge in [0.1, 0.15) is 11.5 Å². The van der Waals surface area contributed by atoms with Gasteiger partial charge >= 0.3 is 11.9 Å². The zero-order chi connectivity index (χ0) is 16.7. The van der Waals surface area contributed by atoms with E-state index in [9.17, 15) is 9.59 Å². The van der Waals surface area contributed by atoms with Crippen LogP contribution in [0.25, 0.3) is 0 Å². The molecule has 120 valence electrons. The fourth-order valence-corrected chi connectivity index (χ4v) is 2.16. The van der Waals surface area contributed by atoms with Gasteiger partial charge in [0.2, 0.25) is 0 Å². The van der Waals surface area contributed by atoms with Crippen molar-refractivity contribution in [1.29, 1.82) is 0 Å². The minimum Gasteiger partial charge on any atom is -0.427 e. The predicted octanol–water partition coefficient (Wildman–Crippen LogP) is 3.88. The summed E-state index contributed by atoms with van der Waals surface area (Å²) >= 11 is 0. The van der Waals surface area contributed by atoms with Gasteiger partial charge in [0.25, 0.3) is 0 Å². The highest BCUT2D eigenvalue weighted by atomic mass is 16.5. The highest BCUT2D eigenvalue weighted by molar-refractivity contribution is 5.70. The van der Waals surface area contributed by atoms with Crippen molar-refractivity contribution in [2.45, 2.75) is 33.1 Å². The third-order valence-corrected chi connectivity index (χ3v) is 3.29. The molecule has 0 fully saturated rings. The highest BCUT2D eigenvalue weighted by Gasteiger charge is 2.06. The maximum absolute atomic E-state index is 11.3. The van der Waals surface area contributed by atoms with Crippen LogP contribution in [0.2, 0.25) is 0 Å². The number of hydrogen-bond donors (Lipinski definition) is 0. The van der Waals surface area contributed by atoms with E-state index in [1.807, 2.05) is 30.4 Å². The van der Waals surface area contributed by atoms with Gasteiger partial charge in [-0.15, -0.1) is 0 Å². The molecule has 4 heteroatoms. The lowest BCUT2D eigenvalue weighted by Gasteiger charge is -2.06. The minimum absolute atomic E-state index is 0.231. The first kappa shape index (κ1) is 16.7. The van der Waals surface area contributed by atoms with Crippen LogP contribution in [0.3, 0.4) is 0 Å². The number of rotatable bonds is 5. The summed E-state index contributed by atoms with van der Waals surface area (Å²) in [4.78, 5) is 22.2. The van der Waals surface area contributed by atoms with E-state index in [0.717, 1.165) is 18.4 Å². The van der Waals surface area contributed by atoms with Crippen LogP contribution in [0, 0.1) is 0 Å². The Hall–Kier alpha value is -2.62. The van der Waals surface area contributed by atoms with E-state index in [0.29, 0.717) is 17.9 Å². The quantitative estimate of drug-likeness (QED) is 0.611. The van der Waals surface area contributed by atoms with Gasteiger partial charge in [-0.3, -0.25) is 9.59 Å². The molecule has 1 aliphatic rings. The van der Waals surface area contributed by atoms with Crippen LogP contribution in [0.4, 0.5) is 0 Å². The number of ether oxygens (including phenoxy) is 2. The molecule has 0 N–H and O–H groups in total. The van der Waals surface area contributed by atoms with Crippen LogP contribution >= 0.6 is 0 Å². The summed E-state index contributed by atoms with van der Waals surface area (Å²) in [7, 11) is 0. The lowest BCUT2D eigenvalue weighted by Crippen LogP contribution is -2.01. The van der Waals surface area contributed by atoms with Gasteiger partial charge in [-0.1, -0.05) is 36.8 Å². The van der Waals surface area contributed by atoms with Gasteiger partial charge in [-0.25, -0.2) is 0 Å². The van der Waals surface area contributed by atoms with E-state index in [4.69, 9.17) is 9.47 Å². The summed E-state index contributed by atoms with van der Waals surface area (Å²) in [5.41, 5.74) is 2.34. The van der Waals surface area contributed by atoms with E-state index in [1.54, 1.807) is 25.1 Å². The largest absolute Gasteiger partial charge is 0.427 e. The number of allylic oxidation sites excluding steroid dienone is 5. The molecule has 1 aromatic carbocycles. The molecular formula is C19H20O4.